The summed E-state index contributed by atoms with van der Waals surface area (Å²) >= 11 is 0. The first-order valence-corrected chi connectivity index (χ1v) is 14.8. The standard InChI is InChI=1S/C29H33N5O4S/c1-4-13-34(14-6-15-35)28-8-5-7-24(33-28)25-12-11-22-18-30-23(17-26(22)32-25)19-31-29(36)21-10-9-20(2)27(16-21)39(3,37)38/h5,7-12,16-18,35H,4,6,13-15,19H2,1-3H3,(H,31,36). The van der Waals surface area contributed by atoms with E-state index in [1.165, 1.54) is 6.07 Å². The van der Waals surface area contributed by atoms with Gasteiger partial charge in [0.2, 0.25) is 0 Å². The molecule has 0 atom stereocenters. The first-order valence-electron chi connectivity index (χ1n) is 12.9. The second kappa shape index (κ2) is 12.3. The highest BCUT2D eigenvalue weighted by Crippen LogP contribution is 2.23. The minimum Gasteiger partial charge on any atom is -0.396 e. The molecule has 4 rings (SSSR count). The second-order valence-electron chi connectivity index (χ2n) is 9.45. The number of nitrogens with one attached hydrogen (secondary N) is 1. The SMILES string of the molecule is CCCN(CCCO)c1cccc(-c2ccc3cnc(CNC(=O)c4ccc(C)c(S(C)(=O)=O)c4)cc3n2)n1. The zero-order valence-corrected chi connectivity index (χ0v) is 23.2. The van der Waals surface area contributed by atoms with Gasteiger partial charge in [-0.05, 0) is 67.8 Å². The number of carbonyl (C=O) groups is 1. The number of amides is 1. The van der Waals surface area contributed by atoms with Crippen molar-refractivity contribution in [1.82, 2.24) is 20.3 Å². The summed E-state index contributed by atoms with van der Waals surface area (Å²) < 4.78 is 24.0. The molecule has 0 saturated heterocycles. The number of aromatic nitrogens is 3. The van der Waals surface area contributed by atoms with Crippen LogP contribution in [0.15, 0.2) is 65.7 Å². The van der Waals surface area contributed by atoms with Crippen molar-refractivity contribution in [2.75, 3.05) is 30.9 Å². The number of sulfone groups is 1. The molecule has 3 aromatic heterocycles. The van der Waals surface area contributed by atoms with E-state index in [0.717, 1.165) is 53.9 Å². The Morgan fingerprint density at radius 2 is 1.82 bits per heavy atom. The van der Waals surface area contributed by atoms with Gasteiger partial charge in [-0.25, -0.2) is 18.4 Å². The third-order valence-corrected chi connectivity index (χ3v) is 7.55. The molecule has 9 nitrogen and oxygen atoms in total. The fraction of sp³-hybridized carbons (Fsp3) is 0.310. The van der Waals surface area contributed by atoms with Gasteiger partial charge in [0.25, 0.3) is 5.91 Å². The molecule has 204 valence electrons. The van der Waals surface area contributed by atoms with Gasteiger partial charge in [0.05, 0.1) is 34.0 Å². The fourth-order valence-corrected chi connectivity index (χ4v) is 5.32. The summed E-state index contributed by atoms with van der Waals surface area (Å²) in [5, 5.41) is 12.9. The molecule has 4 aromatic rings. The second-order valence-corrected chi connectivity index (χ2v) is 11.4. The fourth-order valence-electron chi connectivity index (χ4n) is 4.33. The number of aliphatic hydroxyl groups excluding tert-OH is 1. The van der Waals surface area contributed by atoms with E-state index >= 15 is 0 Å². The van der Waals surface area contributed by atoms with Crippen LogP contribution in [0.2, 0.25) is 0 Å². The zero-order chi connectivity index (χ0) is 28.0. The summed E-state index contributed by atoms with van der Waals surface area (Å²) in [6.45, 7) is 5.68. The molecule has 10 heteroatoms. The van der Waals surface area contributed by atoms with E-state index in [0.29, 0.717) is 17.7 Å². The number of hydrogen-bond donors (Lipinski definition) is 2. The monoisotopic (exact) mass is 547 g/mol. The summed E-state index contributed by atoms with van der Waals surface area (Å²) in [5.74, 6) is 0.459. The maximum Gasteiger partial charge on any atom is 0.251 e. The maximum atomic E-state index is 12.7. The highest BCUT2D eigenvalue weighted by molar-refractivity contribution is 7.90. The van der Waals surface area contributed by atoms with Crippen LogP contribution in [0, 0.1) is 6.92 Å². The first-order chi connectivity index (χ1) is 18.7. The quantitative estimate of drug-likeness (QED) is 0.289. The van der Waals surface area contributed by atoms with Gasteiger partial charge in [-0.15, -0.1) is 0 Å². The lowest BCUT2D eigenvalue weighted by Crippen LogP contribution is -2.26. The van der Waals surface area contributed by atoms with Crippen LogP contribution in [0.5, 0.6) is 0 Å². The average Bonchev–Trinajstić information content (AvgIpc) is 2.93. The predicted molar refractivity (Wildman–Crippen MR) is 152 cm³/mol. The Balaban J connectivity index is 1.53. The molecular weight excluding hydrogens is 514 g/mol. The summed E-state index contributed by atoms with van der Waals surface area (Å²) in [7, 11) is -3.44. The number of aliphatic hydroxyl groups is 1. The van der Waals surface area contributed by atoms with Gasteiger partial charge in [-0.1, -0.05) is 19.1 Å². The van der Waals surface area contributed by atoms with Crippen molar-refractivity contribution in [3.63, 3.8) is 0 Å². The Labute approximate surface area is 228 Å². The van der Waals surface area contributed by atoms with Crippen LogP contribution in [0.25, 0.3) is 22.3 Å². The highest BCUT2D eigenvalue weighted by Gasteiger charge is 2.15. The van der Waals surface area contributed by atoms with E-state index in [1.54, 1.807) is 25.3 Å². The van der Waals surface area contributed by atoms with Crippen molar-refractivity contribution in [1.29, 1.82) is 0 Å². The van der Waals surface area contributed by atoms with E-state index in [4.69, 9.17) is 9.97 Å². The van der Waals surface area contributed by atoms with Crippen LogP contribution < -0.4 is 10.2 Å². The lowest BCUT2D eigenvalue weighted by molar-refractivity contribution is 0.0950. The lowest BCUT2D eigenvalue weighted by atomic mass is 10.1. The molecule has 1 amide bonds. The maximum absolute atomic E-state index is 12.7. The number of aryl methyl sites for hydroxylation is 1. The highest BCUT2D eigenvalue weighted by atomic mass is 32.2. The summed E-state index contributed by atoms with van der Waals surface area (Å²) in [6.07, 6.45) is 4.49. The minimum absolute atomic E-state index is 0.135. The molecule has 0 spiro atoms. The van der Waals surface area contributed by atoms with Crippen molar-refractivity contribution in [3.05, 3.63) is 77.6 Å². The average molecular weight is 548 g/mol. The van der Waals surface area contributed by atoms with Crippen molar-refractivity contribution < 1.29 is 18.3 Å². The van der Waals surface area contributed by atoms with Gasteiger partial charge in [-0.2, -0.15) is 0 Å². The molecule has 0 aliphatic heterocycles. The molecule has 2 N–H and O–H groups in total. The molecule has 3 heterocycles. The van der Waals surface area contributed by atoms with Crippen molar-refractivity contribution in [2.24, 2.45) is 0 Å². The third kappa shape index (κ3) is 6.96. The van der Waals surface area contributed by atoms with E-state index < -0.39 is 9.84 Å². The normalized spacial score (nSPS) is 11.5. The number of carbonyl (C=O) groups excluding carboxylic acids is 1. The van der Waals surface area contributed by atoms with Crippen molar-refractivity contribution >= 4 is 32.5 Å². The van der Waals surface area contributed by atoms with E-state index in [2.05, 4.69) is 22.1 Å². The van der Waals surface area contributed by atoms with Crippen molar-refractivity contribution in [2.45, 2.75) is 38.1 Å². The van der Waals surface area contributed by atoms with Gasteiger partial charge in [-0.3, -0.25) is 9.78 Å². The Kier molecular flexibility index (Phi) is 8.88. The predicted octanol–water partition coefficient (Wildman–Crippen LogP) is 3.93. The van der Waals surface area contributed by atoms with E-state index in [1.807, 2.05) is 36.4 Å². The first kappa shape index (κ1) is 28.1. The summed E-state index contributed by atoms with van der Waals surface area (Å²) in [4.78, 5) is 29.1. The topological polar surface area (TPSA) is 125 Å². The molecule has 1 aromatic carbocycles. The lowest BCUT2D eigenvalue weighted by Gasteiger charge is -2.23. The Morgan fingerprint density at radius 1 is 1.03 bits per heavy atom. The Hall–Kier alpha value is -3.89. The molecular formula is C29H33N5O4S. The molecule has 0 radical (unpaired) electrons. The molecule has 0 bridgehead atoms. The van der Waals surface area contributed by atoms with Crippen LogP contribution in [-0.4, -0.2) is 60.3 Å². The molecule has 0 fully saturated rings. The van der Waals surface area contributed by atoms with Gasteiger partial charge >= 0.3 is 0 Å². The number of hydrogen-bond acceptors (Lipinski definition) is 8. The molecule has 39 heavy (non-hydrogen) atoms. The third-order valence-electron chi connectivity index (χ3n) is 6.31. The Morgan fingerprint density at radius 3 is 2.56 bits per heavy atom. The number of nitrogens with zero attached hydrogens (tertiary/aromatic N) is 4. The number of fused-ring (bicyclic) bond motifs is 1. The molecule has 0 aliphatic carbocycles. The van der Waals surface area contributed by atoms with Crippen LogP contribution in [0.3, 0.4) is 0 Å². The van der Waals surface area contributed by atoms with Crippen LogP contribution in [0.4, 0.5) is 5.82 Å². The molecule has 0 aliphatic rings. The number of anilines is 1. The molecule has 0 saturated carbocycles. The van der Waals surface area contributed by atoms with Gasteiger partial charge in [0.1, 0.15) is 5.82 Å². The van der Waals surface area contributed by atoms with E-state index in [-0.39, 0.29) is 29.5 Å². The van der Waals surface area contributed by atoms with Crippen molar-refractivity contribution in [3.8, 4) is 11.4 Å². The van der Waals surface area contributed by atoms with Crippen LogP contribution in [-0.2, 0) is 16.4 Å². The Bertz CT molecular complexity index is 1590. The van der Waals surface area contributed by atoms with Gasteiger partial charge < -0.3 is 15.3 Å². The zero-order valence-electron chi connectivity index (χ0n) is 22.4. The van der Waals surface area contributed by atoms with E-state index in [9.17, 15) is 18.3 Å². The minimum atomic E-state index is -3.44. The number of benzene rings is 1. The molecule has 0 unspecified atom stereocenters. The largest absolute Gasteiger partial charge is 0.396 e. The summed E-state index contributed by atoms with van der Waals surface area (Å²) in [6, 6.07) is 16.1. The van der Waals surface area contributed by atoms with Crippen LogP contribution in [0.1, 0.15) is 41.4 Å². The smallest absolute Gasteiger partial charge is 0.251 e. The number of rotatable bonds is 11. The number of pyridine rings is 3. The van der Waals surface area contributed by atoms with Gasteiger partial charge in [0.15, 0.2) is 9.84 Å². The van der Waals surface area contributed by atoms with Gasteiger partial charge in [0, 0.05) is 43.1 Å². The summed E-state index contributed by atoms with van der Waals surface area (Å²) in [5.41, 5.74) is 3.67. The van der Waals surface area contributed by atoms with Crippen LogP contribution >= 0.6 is 0 Å².